The summed E-state index contributed by atoms with van der Waals surface area (Å²) in [6.07, 6.45) is 3.60. The molecule has 1 N–H and O–H groups in total. The number of ether oxygens (including phenoxy) is 1. The number of benzene rings is 3. The maximum absolute atomic E-state index is 13.3. The van der Waals surface area contributed by atoms with Gasteiger partial charge < -0.3 is 14.6 Å². The number of amides is 3. The molecule has 1 saturated heterocycles. The molecule has 0 bridgehead atoms. The lowest BCUT2D eigenvalue weighted by atomic mass is 10.0. The minimum atomic E-state index is -0.340. The Morgan fingerprint density at radius 2 is 1.74 bits per heavy atom. The van der Waals surface area contributed by atoms with Gasteiger partial charge in [-0.05, 0) is 66.4 Å². The van der Waals surface area contributed by atoms with Gasteiger partial charge in [-0.3, -0.25) is 19.3 Å². The molecule has 42 heavy (non-hydrogen) atoms. The van der Waals surface area contributed by atoms with E-state index in [-0.39, 0.29) is 42.8 Å². The molecule has 1 aliphatic rings. The van der Waals surface area contributed by atoms with Gasteiger partial charge in [0.25, 0.3) is 11.1 Å². The average molecular weight is 582 g/mol. The maximum Gasteiger partial charge on any atom is 0.293 e. The predicted octanol–water partition coefficient (Wildman–Crippen LogP) is 7.07. The van der Waals surface area contributed by atoms with E-state index in [2.05, 4.69) is 31.3 Å². The van der Waals surface area contributed by atoms with E-state index in [0.717, 1.165) is 50.7 Å². The number of carbonyl (C=O) groups is 3. The van der Waals surface area contributed by atoms with Crippen LogP contribution in [0, 0.1) is 6.92 Å². The second-order valence-electron chi connectivity index (χ2n) is 10.8. The molecule has 7 nitrogen and oxygen atoms in total. The molecule has 216 valence electrons. The molecule has 4 aromatic rings. The standard InChI is InChI=1S/C34H35N3O4S/c1-22(2)27-15-14-23(3)18-30(27)41-17-16-37-33(39)31(42-34(37)40)19-26-20-36(29-13-9-8-12-28(26)29)21-32(38)35-24(4)25-10-6-5-7-11-25/h5-15,18-20,22,24H,16-17,21H2,1-4H3,(H,35,38)/b31-19-. The van der Waals surface area contributed by atoms with Crippen molar-refractivity contribution >= 4 is 45.8 Å². The molecule has 3 aromatic carbocycles. The molecule has 1 aromatic heterocycles. The van der Waals surface area contributed by atoms with Gasteiger partial charge in [-0.15, -0.1) is 0 Å². The van der Waals surface area contributed by atoms with Gasteiger partial charge >= 0.3 is 0 Å². The maximum atomic E-state index is 13.3. The second-order valence-corrected chi connectivity index (χ2v) is 11.8. The Morgan fingerprint density at radius 3 is 2.50 bits per heavy atom. The fourth-order valence-electron chi connectivity index (χ4n) is 5.11. The van der Waals surface area contributed by atoms with Gasteiger partial charge in [0.2, 0.25) is 5.91 Å². The number of hydrogen-bond donors (Lipinski definition) is 1. The third-order valence-corrected chi connectivity index (χ3v) is 8.24. The third kappa shape index (κ3) is 6.44. The molecule has 2 heterocycles. The summed E-state index contributed by atoms with van der Waals surface area (Å²) in [5.41, 5.74) is 4.86. The van der Waals surface area contributed by atoms with Crippen molar-refractivity contribution in [1.82, 2.24) is 14.8 Å². The quantitative estimate of drug-likeness (QED) is 0.203. The van der Waals surface area contributed by atoms with E-state index in [9.17, 15) is 14.4 Å². The zero-order valence-corrected chi connectivity index (χ0v) is 25.1. The second kappa shape index (κ2) is 12.7. The van der Waals surface area contributed by atoms with Crippen LogP contribution >= 0.6 is 11.8 Å². The molecule has 8 heteroatoms. The number of rotatable bonds is 10. The van der Waals surface area contributed by atoms with Crippen LogP contribution in [0.5, 0.6) is 5.75 Å². The van der Waals surface area contributed by atoms with Gasteiger partial charge in [0.1, 0.15) is 18.9 Å². The summed E-state index contributed by atoms with van der Waals surface area (Å²) in [6, 6.07) is 23.5. The van der Waals surface area contributed by atoms with Crippen molar-refractivity contribution in [3.05, 3.63) is 106 Å². The lowest BCUT2D eigenvalue weighted by Gasteiger charge is -2.17. The van der Waals surface area contributed by atoms with Crippen molar-refractivity contribution in [2.45, 2.75) is 46.2 Å². The summed E-state index contributed by atoms with van der Waals surface area (Å²) in [5.74, 6) is 0.616. The molecule has 5 rings (SSSR count). The van der Waals surface area contributed by atoms with Crippen molar-refractivity contribution in [3.63, 3.8) is 0 Å². The van der Waals surface area contributed by atoms with Crippen molar-refractivity contribution in [2.24, 2.45) is 0 Å². The summed E-state index contributed by atoms with van der Waals surface area (Å²) in [4.78, 5) is 40.6. The molecule has 1 unspecified atom stereocenters. The number of carbonyl (C=O) groups excluding carboxylic acids is 3. The Labute approximate surface area is 250 Å². The van der Waals surface area contributed by atoms with Gasteiger partial charge in [-0.1, -0.05) is 74.5 Å². The number of hydrogen-bond acceptors (Lipinski definition) is 5. The summed E-state index contributed by atoms with van der Waals surface area (Å²) >= 11 is 0.926. The van der Waals surface area contributed by atoms with Crippen molar-refractivity contribution in [3.8, 4) is 5.75 Å². The largest absolute Gasteiger partial charge is 0.491 e. The number of imide groups is 1. The van der Waals surface area contributed by atoms with Crippen LogP contribution in [0.4, 0.5) is 4.79 Å². The van der Waals surface area contributed by atoms with Gasteiger partial charge in [-0.25, -0.2) is 0 Å². The topological polar surface area (TPSA) is 80.6 Å². The van der Waals surface area contributed by atoms with Crippen LogP contribution in [0.25, 0.3) is 17.0 Å². The number of fused-ring (bicyclic) bond motifs is 1. The van der Waals surface area contributed by atoms with Crippen LogP contribution < -0.4 is 10.1 Å². The predicted molar refractivity (Wildman–Crippen MR) is 168 cm³/mol. The van der Waals surface area contributed by atoms with Gasteiger partial charge in [0.05, 0.1) is 17.5 Å². The van der Waals surface area contributed by atoms with E-state index in [0.29, 0.717) is 10.8 Å². The van der Waals surface area contributed by atoms with E-state index in [1.165, 1.54) is 4.90 Å². The highest BCUT2D eigenvalue weighted by Gasteiger charge is 2.35. The van der Waals surface area contributed by atoms with Crippen molar-refractivity contribution in [2.75, 3.05) is 13.2 Å². The molecule has 1 fully saturated rings. The molecule has 0 saturated carbocycles. The van der Waals surface area contributed by atoms with Gasteiger partial charge in [0, 0.05) is 22.7 Å². The summed E-state index contributed by atoms with van der Waals surface area (Å²) in [5, 5.41) is 3.64. The molecular weight excluding hydrogens is 546 g/mol. The minimum absolute atomic E-state index is 0.117. The highest BCUT2D eigenvalue weighted by molar-refractivity contribution is 8.18. The molecule has 0 spiro atoms. The average Bonchev–Trinajstić information content (AvgIpc) is 3.44. The van der Waals surface area contributed by atoms with E-state index in [1.807, 2.05) is 85.3 Å². The highest BCUT2D eigenvalue weighted by atomic mass is 32.2. The summed E-state index contributed by atoms with van der Waals surface area (Å²) in [7, 11) is 0. The fourth-order valence-corrected chi connectivity index (χ4v) is 5.97. The molecule has 3 amide bonds. The molecular formula is C34H35N3O4S. The smallest absolute Gasteiger partial charge is 0.293 e. The van der Waals surface area contributed by atoms with Crippen molar-refractivity contribution in [1.29, 1.82) is 0 Å². The Bertz CT molecular complexity index is 1660. The Hall–Kier alpha value is -4.30. The number of para-hydroxylation sites is 1. The van der Waals surface area contributed by atoms with Crippen LogP contribution in [0.2, 0.25) is 0 Å². The first kappa shape index (κ1) is 29.2. The van der Waals surface area contributed by atoms with Gasteiger partial charge in [-0.2, -0.15) is 0 Å². The fraction of sp³-hybridized carbons (Fsp3) is 0.265. The summed E-state index contributed by atoms with van der Waals surface area (Å²) in [6.45, 7) is 8.67. The first-order valence-electron chi connectivity index (χ1n) is 14.1. The zero-order valence-electron chi connectivity index (χ0n) is 24.3. The van der Waals surface area contributed by atoms with E-state index >= 15 is 0 Å². The Balaban J connectivity index is 1.29. The number of nitrogens with zero attached hydrogens (tertiary/aromatic N) is 2. The number of aryl methyl sites for hydroxylation is 1. The third-order valence-electron chi connectivity index (χ3n) is 7.33. The van der Waals surface area contributed by atoms with Crippen molar-refractivity contribution < 1.29 is 19.1 Å². The first-order valence-corrected chi connectivity index (χ1v) is 14.9. The van der Waals surface area contributed by atoms with E-state index in [4.69, 9.17) is 4.74 Å². The van der Waals surface area contributed by atoms with Gasteiger partial charge in [0.15, 0.2) is 0 Å². The number of nitrogens with one attached hydrogen (secondary N) is 1. The lowest BCUT2D eigenvalue weighted by Crippen LogP contribution is -2.32. The monoisotopic (exact) mass is 581 g/mol. The van der Waals surface area contributed by atoms with Crippen LogP contribution in [0.3, 0.4) is 0 Å². The van der Waals surface area contributed by atoms with Crippen LogP contribution in [-0.4, -0.2) is 39.7 Å². The minimum Gasteiger partial charge on any atom is -0.491 e. The molecule has 0 radical (unpaired) electrons. The Morgan fingerprint density at radius 1 is 1.00 bits per heavy atom. The van der Waals surface area contributed by atoms with Crippen LogP contribution in [-0.2, 0) is 16.1 Å². The molecule has 0 aliphatic carbocycles. The summed E-state index contributed by atoms with van der Waals surface area (Å²) < 4.78 is 7.90. The zero-order chi connectivity index (χ0) is 29.8. The normalized spacial score (nSPS) is 15.2. The highest BCUT2D eigenvalue weighted by Crippen LogP contribution is 2.34. The SMILES string of the molecule is Cc1ccc(C(C)C)c(OCCN2C(=O)S/C(=C\c3cn(CC(=O)NC(C)c4ccccc4)c4ccccc34)C2=O)c1. The van der Waals surface area contributed by atoms with E-state index < -0.39 is 0 Å². The Kier molecular flexibility index (Phi) is 8.83. The number of aromatic nitrogens is 1. The molecule has 1 aliphatic heterocycles. The lowest BCUT2D eigenvalue weighted by molar-refractivity contribution is -0.123. The first-order chi connectivity index (χ1) is 20.2. The van der Waals surface area contributed by atoms with Crippen LogP contribution in [0.15, 0.2) is 83.9 Å². The van der Waals surface area contributed by atoms with E-state index in [1.54, 1.807) is 6.08 Å². The number of thioether (sulfide) groups is 1. The van der Waals surface area contributed by atoms with Crippen LogP contribution in [0.1, 0.15) is 55.0 Å². The molecule has 1 atom stereocenters.